The number of amides is 1. The minimum Gasteiger partial charge on any atom is -0.350 e. The molecule has 0 aliphatic heterocycles. The number of aryl methyl sites for hydroxylation is 1. The number of sulfonamides is 1. The Kier molecular flexibility index (Phi) is 7.27. The highest BCUT2D eigenvalue weighted by Crippen LogP contribution is 2.20. The highest BCUT2D eigenvalue weighted by molar-refractivity contribution is 7.92. The summed E-state index contributed by atoms with van der Waals surface area (Å²) in [6.07, 6.45) is 0. The van der Waals surface area contributed by atoms with E-state index in [2.05, 4.69) is 10.0 Å². The van der Waals surface area contributed by atoms with Crippen LogP contribution in [0.25, 0.3) is 0 Å². The standard InChI is InChI=1S/C24H26FN3O3S/c1-17-15-21(13-14-22(17)25)32(30,31)27-20-11-9-19(10-12-20)24(29)26-16-23(28(2)3)18-7-5-4-6-8-18/h4-15,23,27H,16H2,1-3H3,(H,26,29)/t23-/m1/s1. The molecule has 0 unspecified atom stereocenters. The molecule has 0 bridgehead atoms. The van der Waals surface area contributed by atoms with Gasteiger partial charge >= 0.3 is 0 Å². The monoisotopic (exact) mass is 455 g/mol. The average molecular weight is 456 g/mol. The van der Waals surface area contributed by atoms with E-state index in [0.29, 0.717) is 17.8 Å². The Labute approximate surface area is 188 Å². The number of likely N-dealkylation sites (N-methyl/N-ethyl adjacent to an activating group) is 1. The Morgan fingerprint density at radius 1 is 1.00 bits per heavy atom. The molecule has 0 saturated heterocycles. The summed E-state index contributed by atoms with van der Waals surface area (Å²) in [6.45, 7) is 1.93. The van der Waals surface area contributed by atoms with Crippen LogP contribution in [0.15, 0.2) is 77.7 Å². The van der Waals surface area contributed by atoms with E-state index in [1.807, 2.05) is 49.3 Å². The van der Waals surface area contributed by atoms with E-state index < -0.39 is 15.8 Å². The molecule has 0 heterocycles. The van der Waals surface area contributed by atoms with E-state index in [1.54, 1.807) is 12.1 Å². The van der Waals surface area contributed by atoms with Crippen molar-refractivity contribution >= 4 is 21.6 Å². The van der Waals surface area contributed by atoms with Gasteiger partial charge in [-0.2, -0.15) is 0 Å². The normalized spacial score (nSPS) is 12.4. The van der Waals surface area contributed by atoms with E-state index in [9.17, 15) is 17.6 Å². The Bertz CT molecular complexity index is 1180. The quantitative estimate of drug-likeness (QED) is 0.539. The third-order valence-electron chi connectivity index (χ3n) is 5.10. The lowest BCUT2D eigenvalue weighted by atomic mass is 10.1. The Hall–Kier alpha value is -3.23. The number of nitrogens with zero attached hydrogens (tertiary/aromatic N) is 1. The molecule has 168 valence electrons. The van der Waals surface area contributed by atoms with Crippen LogP contribution in [0, 0.1) is 12.7 Å². The largest absolute Gasteiger partial charge is 0.350 e. The third kappa shape index (κ3) is 5.72. The number of anilines is 1. The van der Waals surface area contributed by atoms with Crippen LogP contribution >= 0.6 is 0 Å². The van der Waals surface area contributed by atoms with Gasteiger partial charge in [0.05, 0.1) is 10.9 Å². The van der Waals surface area contributed by atoms with Gasteiger partial charge in [0, 0.05) is 17.8 Å². The highest BCUT2D eigenvalue weighted by Gasteiger charge is 2.17. The van der Waals surface area contributed by atoms with Crippen molar-refractivity contribution in [2.75, 3.05) is 25.4 Å². The summed E-state index contributed by atoms with van der Waals surface area (Å²) in [5.41, 5.74) is 2.06. The Morgan fingerprint density at radius 3 is 2.25 bits per heavy atom. The molecule has 3 aromatic rings. The van der Waals surface area contributed by atoms with Crippen molar-refractivity contribution in [3.8, 4) is 0 Å². The fourth-order valence-electron chi connectivity index (χ4n) is 3.25. The summed E-state index contributed by atoms with van der Waals surface area (Å²) >= 11 is 0. The van der Waals surface area contributed by atoms with Crippen LogP contribution in [0.3, 0.4) is 0 Å². The zero-order valence-corrected chi connectivity index (χ0v) is 19.0. The third-order valence-corrected chi connectivity index (χ3v) is 6.48. The van der Waals surface area contributed by atoms with Gasteiger partial charge in [0.2, 0.25) is 0 Å². The van der Waals surface area contributed by atoms with Crippen molar-refractivity contribution in [1.29, 1.82) is 0 Å². The fourth-order valence-corrected chi connectivity index (χ4v) is 4.40. The zero-order chi connectivity index (χ0) is 23.3. The molecule has 2 N–H and O–H groups in total. The molecule has 0 aliphatic rings. The van der Waals surface area contributed by atoms with Gasteiger partial charge in [0.25, 0.3) is 15.9 Å². The Morgan fingerprint density at radius 2 is 1.66 bits per heavy atom. The van der Waals surface area contributed by atoms with Crippen LogP contribution in [-0.2, 0) is 10.0 Å². The van der Waals surface area contributed by atoms with Gasteiger partial charge in [-0.15, -0.1) is 0 Å². The second kappa shape index (κ2) is 9.93. The minimum absolute atomic E-state index is 0.0189. The topological polar surface area (TPSA) is 78.5 Å². The van der Waals surface area contributed by atoms with Gasteiger partial charge in [-0.3, -0.25) is 9.52 Å². The predicted octanol–water partition coefficient (Wildman–Crippen LogP) is 3.97. The number of halogens is 1. The van der Waals surface area contributed by atoms with Crippen molar-refractivity contribution in [3.63, 3.8) is 0 Å². The summed E-state index contributed by atoms with van der Waals surface area (Å²) < 4.78 is 41.0. The number of carbonyl (C=O) groups excluding carboxylic acids is 1. The first-order valence-corrected chi connectivity index (χ1v) is 11.5. The van der Waals surface area contributed by atoms with E-state index >= 15 is 0 Å². The maximum absolute atomic E-state index is 13.4. The molecule has 0 aliphatic carbocycles. The van der Waals surface area contributed by atoms with Gasteiger partial charge in [-0.1, -0.05) is 30.3 Å². The van der Waals surface area contributed by atoms with Crippen LogP contribution in [0.1, 0.15) is 27.5 Å². The summed E-state index contributed by atoms with van der Waals surface area (Å²) in [4.78, 5) is 14.6. The van der Waals surface area contributed by atoms with Gasteiger partial charge in [-0.25, -0.2) is 12.8 Å². The van der Waals surface area contributed by atoms with Crippen LogP contribution in [0.2, 0.25) is 0 Å². The first-order valence-electron chi connectivity index (χ1n) is 10.1. The molecule has 3 aromatic carbocycles. The van der Waals surface area contributed by atoms with Gasteiger partial charge in [0.15, 0.2) is 0 Å². The molecule has 0 spiro atoms. The van der Waals surface area contributed by atoms with Crippen molar-refractivity contribution in [3.05, 3.63) is 95.3 Å². The predicted molar refractivity (Wildman–Crippen MR) is 124 cm³/mol. The molecule has 1 atom stereocenters. The molecular weight excluding hydrogens is 429 g/mol. The fraction of sp³-hybridized carbons (Fsp3) is 0.208. The lowest BCUT2D eigenvalue weighted by molar-refractivity contribution is 0.0942. The van der Waals surface area contributed by atoms with Crippen LogP contribution in [0.5, 0.6) is 0 Å². The lowest BCUT2D eigenvalue weighted by Gasteiger charge is -2.25. The van der Waals surface area contributed by atoms with Crippen LogP contribution in [-0.4, -0.2) is 39.9 Å². The van der Waals surface area contributed by atoms with Gasteiger partial charge in [0.1, 0.15) is 5.82 Å². The molecule has 32 heavy (non-hydrogen) atoms. The number of carbonyl (C=O) groups is 1. The van der Waals surface area contributed by atoms with E-state index in [0.717, 1.165) is 11.6 Å². The second-order valence-electron chi connectivity index (χ2n) is 7.69. The summed E-state index contributed by atoms with van der Waals surface area (Å²) in [7, 11) is 0.0334. The van der Waals surface area contributed by atoms with E-state index in [1.165, 1.54) is 31.2 Å². The van der Waals surface area contributed by atoms with Gasteiger partial charge < -0.3 is 10.2 Å². The number of hydrogen-bond donors (Lipinski definition) is 2. The molecule has 6 nitrogen and oxygen atoms in total. The van der Waals surface area contributed by atoms with Crippen molar-refractivity contribution < 1.29 is 17.6 Å². The van der Waals surface area contributed by atoms with Crippen molar-refractivity contribution in [2.45, 2.75) is 17.9 Å². The molecule has 1 amide bonds. The number of hydrogen-bond acceptors (Lipinski definition) is 4. The molecule has 0 fully saturated rings. The molecule has 0 aromatic heterocycles. The molecule has 0 radical (unpaired) electrons. The average Bonchev–Trinajstić information content (AvgIpc) is 2.76. The minimum atomic E-state index is -3.87. The zero-order valence-electron chi connectivity index (χ0n) is 18.2. The second-order valence-corrected chi connectivity index (χ2v) is 9.38. The number of benzene rings is 3. The maximum atomic E-state index is 13.4. The SMILES string of the molecule is Cc1cc(S(=O)(=O)Nc2ccc(C(=O)NC[C@H](c3ccccc3)N(C)C)cc2)ccc1F. The highest BCUT2D eigenvalue weighted by atomic mass is 32.2. The first kappa shape index (κ1) is 23.4. The van der Waals surface area contributed by atoms with Crippen LogP contribution in [0.4, 0.5) is 10.1 Å². The van der Waals surface area contributed by atoms with Gasteiger partial charge in [-0.05, 0) is 74.6 Å². The first-order chi connectivity index (χ1) is 15.2. The smallest absolute Gasteiger partial charge is 0.261 e. The maximum Gasteiger partial charge on any atom is 0.261 e. The number of nitrogens with one attached hydrogen (secondary N) is 2. The summed E-state index contributed by atoms with van der Waals surface area (Å²) in [5, 5.41) is 2.93. The Balaban J connectivity index is 1.65. The number of rotatable bonds is 8. The molecule has 3 rings (SSSR count). The van der Waals surface area contributed by atoms with Crippen LogP contribution < -0.4 is 10.0 Å². The van der Waals surface area contributed by atoms with Crippen molar-refractivity contribution in [2.24, 2.45) is 0 Å². The van der Waals surface area contributed by atoms with Crippen molar-refractivity contribution in [1.82, 2.24) is 10.2 Å². The molecular formula is C24H26FN3O3S. The summed E-state index contributed by atoms with van der Waals surface area (Å²) in [5.74, 6) is -0.723. The van der Waals surface area contributed by atoms with E-state index in [-0.39, 0.29) is 22.4 Å². The lowest BCUT2D eigenvalue weighted by Crippen LogP contribution is -2.34. The summed E-state index contributed by atoms with van der Waals surface area (Å²) in [6, 6.07) is 19.6. The van der Waals surface area contributed by atoms with E-state index in [4.69, 9.17) is 0 Å². The molecule has 8 heteroatoms. The molecule has 0 saturated carbocycles.